The van der Waals surface area contributed by atoms with Crippen LogP contribution in [0.1, 0.15) is 13.3 Å². The first-order valence-electron chi connectivity index (χ1n) is 5.33. The lowest BCUT2D eigenvalue weighted by molar-refractivity contribution is -0.125. The van der Waals surface area contributed by atoms with E-state index in [0.29, 0.717) is 13.1 Å². The summed E-state index contributed by atoms with van der Waals surface area (Å²) in [6.07, 6.45) is 0.955. The van der Waals surface area contributed by atoms with Gasteiger partial charge >= 0.3 is 0 Å². The molecular weight excluding hydrogens is 192 g/mol. The van der Waals surface area contributed by atoms with E-state index in [1.165, 1.54) is 0 Å². The van der Waals surface area contributed by atoms with E-state index in [-0.39, 0.29) is 12.5 Å². The second-order valence-corrected chi connectivity index (χ2v) is 3.59. The van der Waals surface area contributed by atoms with Crippen molar-refractivity contribution in [2.45, 2.75) is 13.3 Å². The number of carbonyl (C=O) groups excluding carboxylic acids is 1. The monoisotopic (exact) mass is 210 g/mol. The summed E-state index contributed by atoms with van der Waals surface area (Å²) in [7, 11) is 0. The van der Waals surface area contributed by atoms with Crippen LogP contribution in [0.3, 0.4) is 0 Å². The summed E-state index contributed by atoms with van der Waals surface area (Å²) >= 11 is 0. The van der Waals surface area contributed by atoms with Crippen LogP contribution in [-0.4, -0.2) is 60.1 Å². The number of carbonyl (C=O) groups is 1. The number of nitrogens with zero attached hydrogens (tertiary/aromatic N) is 2. The molecule has 0 saturated carbocycles. The molecule has 0 aromatic rings. The second-order valence-electron chi connectivity index (χ2n) is 3.59. The van der Waals surface area contributed by atoms with Crippen molar-refractivity contribution in [2.75, 3.05) is 39.3 Å². The van der Waals surface area contributed by atoms with E-state index in [0.717, 1.165) is 26.1 Å². The predicted molar refractivity (Wildman–Crippen MR) is 58.2 cm³/mol. The lowest BCUT2D eigenvalue weighted by Crippen LogP contribution is -2.35. The molecule has 1 aliphatic rings. The number of amides is 1. The molecule has 15 heavy (non-hydrogen) atoms. The SMILES string of the molecule is CC#CC(=O)N1CCCN(CCO)CC1. The van der Waals surface area contributed by atoms with Gasteiger partial charge in [-0.05, 0) is 25.8 Å². The maximum atomic E-state index is 11.5. The molecular formula is C11H18N2O2. The van der Waals surface area contributed by atoms with Gasteiger partial charge in [0.2, 0.25) is 0 Å². The van der Waals surface area contributed by atoms with Gasteiger partial charge in [-0.15, -0.1) is 0 Å². The molecule has 1 rings (SSSR count). The van der Waals surface area contributed by atoms with Gasteiger partial charge in [-0.1, -0.05) is 5.92 Å². The van der Waals surface area contributed by atoms with E-state index in [4.69, 9.17) is 5.11 Å². The molecule has 0 aromatic heterocycles. The van der Waals surface area contributed by atoms with Gasteiger partial charge in [-0.3, -0.25) is 9.69 Å². The van der Waals surface area contributed by atoms with Gasteiger partial charge in [-0.2, -0.15) is 0 Å². The molecule has 1 fully saturated rings. The molecule has 0 bridgehead atoms. The van der Waals surface area contributed by atoms with Crippen LogP contribution in [-0.2, 0) is 4.79 Å². The van der Waals surface area contributed by atoms with Gasteiger partial charge in [0, 0.05) is 26.2 Å². The average molecular weight is 210 g/mol. The summed E-state index contributed by atoms with van der Waals surface area (Å²) < 4.78 is 0. The smallest absolute Gasteiger partial charge is 0.298 e. The first-order chi connectivity index (χ1) is 7.27. The first kappa shape index (κ1) is 12.0. The van der Waals surface area contributed by atoms with Crippen LogP contribution in [0.2, 0.25) is 0 Å². The zero-order valence-corrected chi connectivity index (χ0v) is 9.20. The molecule has 0 atom stereocenters. The molecule has 1 saturated heterocycles. The zero-order valence-electron chi connectivity index (χ0n) is 9.20. The highest BCUT2D eigenvalue weighted by atomic mass is 16.3. The number of β-amino-alcohol motifs (C(OH)–C–C–N with tert-alkyl or cyclic N) is 1. The summed E-state index contributed by atoms with van der Waals surface area (Å²) in [6, 6.07) is 0. The molecule has 1 heterocycles. The Balaban J connectivity index is 2.44. The van der Waals surface area contributed by atoms with Crippen molar-refractivity contribution in [3.05, 3.63) is 0 Å². The molecule has 1 aliphatic heterocycles. The van der Waals surface area contributed by atoms with Gasteiger partial charge < -0.3 is 10.0 Å². The van der Waals surface area contributed by atoms with E-state index in [9.17, 15) is 4.79 Å². The third-order valence-corrected chi connectivity index (χ3v) is 2.52. The Morgan fingerprint density at radius 1 is 1.33 bits per heavy atom. The van der Waals surface area contributed by atoms with Crippen LogP contribution in [0.15, 0.2) is 0 Å². The van der Waals surface area contributed by atoms with E-state index in [1.54, 1.807) is 11.8 Å². The Labute approximate surface area is 90.9 Å². The lowest BCUT2D eigenvalue weighted by Gasteiger charge is -2.19. The van der Waals surface area contributed by atoms with Crippen molar-refractivity contribution in [1.82, 2.24) is 9.80 Å². The summed E-state index contributed by atoms with van der Waals surface area (Å²) in [5, 5.41) is 8.83. The van der Waals surface area contributed by atoms with E-state index in [2.05, 4.69) is 16.7 Å². The topological polar surface area (TPSA) is 43.8 Å². The summed E-state index contributed by atoms with van der Waals surface area (Å²) in [6.45, 7) is 5.82. The highest BCUT2D eigenvalue weighted by molar-refractivity contribution is 5.93. The fourth-order valence-corrected chi connectivity index (χ4v) is 1.73. The molecule has 1 N–H and O–H groups in total. The molecule has 84 valence electrons. The third-order valence-electron chi connectivity index (χ3n) is 2.52. The second kappa shape index (κ2) is 6.44. The number of hydrogen-bond donors (Lipinski definition) is 1. The maximum absolute atomic E-state index is 11.5. The highest BCUT2D eigenvalue weighted by Crippen LogP contribution is 2.02. The van der Waals surface area contributed by atoms with E-state index < -0.39 is 0 Å². The van der Waals surface area contributed by atoms with Gasteiger partial charge in [0.25, 0.3) is 5.91 Å². The van der Waals surface area contributed by atoms with Gasteiger partial charge in [0.05, 0.1) is 6.61 Å². The molecule has 0 unspecified atom stereocenters. The van der Waals surface area contributed by atoms with Gasteiger partial charge in [-0.25, -0.2) is 0 Å². The Bertz CT molecular complexity index is 267. The van der Waals surface area contributed by atoms with Crippen LogP contribution < -0.4 is 0 Å². The number of rotatable bonds is 2. The quantitative estimate of drug-likeness (QED) is 0.627. The standard InChI is InChI=1S/C11H18N2O2/c1-2-4-11(15)13-6-3-5-12(7-8-13)9-10-14/h14H,3,5-10H2,1H3. The Morgan fingerprint density at radius 3 is 2.80 bits per heavy atom. The minimum Gasteiger partial charge on any atom is -0.395 e. The largest absolute Gasteiger partial charge is 0.395 e. The van der Waals surface area contributed by atoms with Crippen LogP contribution in [0.25, 0.3) is 0 Å². The minimum absolute atomic E-state index is 0.0802. The van der Waals surface area contributed by atoms with Crippen LogP contribution >= 0.6 is 0 Å². The molecule has 0 spiro atoms. The molecule has 4 heteroatoms. The summed E-state index contributed by atoms with van der Waals surface area (Å²) in [4.78, 5) is 15.5. The normalized spacial score (nSPS) is 17.9. The third kappa shape index (κ3) is 3.90. The van der Waals surface area contributed by atoms with Crippen LogP contribution in [0, 0.1) is 11.8 Å². The number of aliphatic hydroxyl groups is 1. The van der Waals surface area contributed by atoms with Crippen molar-refractivity contribution in [3.63, 3.8) is 0 Å². The molecule has 4 nitrogen and oxygen atoms in total. The molecule has 0 radical (unpaired) electrons. The Hall–Kier alpha value is -1.05. The van der Waals surface area contributed by atoms with Crippen molar-refractivity contribution >= 4 is 5.91 Å². The fourth-order valence-electron chi connectivity index (χ4n) is 1.73. The van der Waals surface area contributed by atoms with Crippen LogP contribution in [0.4, 0.5) is 0 Å². The number of hydrogen-bond acceptors (Lipinski definition) is 3. The van der Waals surface area contributed by atoms with Gasteiger partial charge in [0.1, 0.15) is 0 Å². The zero-order chi connectivity index (χ0) is 11.1. The average Bonchev–Trinajstić information content (AvgIpc) is 2.44. The Morgan fingerprint density at radius 2 is 2.13 bits per heavy atom. The van der Waals surface area contributed by atoms with Crippen molar-refractivity contribution in [3.8, 4) is 11.8 Å². The van der Waals surface area contributed by atoms with Crippen LogP contribution in [0.5, 0.6) is 0 Å². The minimum atomic E-state index is -0.0802. The first-order valence-corrected chi connectivity index (χ1v) is 5.33. The number of aliphatic hydroxyl groups excluding tert-OH is 1. The summed E-state index contributed by atoms with van der Waals surface area (Å²) in [5.74, 6) is 5.11. The predicted octanol–water partition coefficient (Wildman–Crippen LogP) is -0.464. The van der Waals surface area contributed by atoms with Crippen molar-refractivity contribution in [1.29, 1.82) is 0 Å². The van der Waals surface area contributed by atoms with Crippen molar-refractivity contribution in [2.24, 2.45) is 0 Å². The molecule has 0 aromatic carbocycles. The van der Waals surface area contributed by atoms with E-state index in [1.807, 2.05) is 0 Å². The highest BCUT2D eigenvalue weighted by Gasteiger charge is 2.16. The maximum Gasteiger partial charge on any atom is 0.298 e. The molecule has 1 amide bonds. The Kier molecular flexibility index (Phi) is 5.16. The fraction of sp³-hybridized carbons (Fsp3) is 0.727. The molecule has 0 aliphatic carbocycles. The lowest BCUT2D eigenvalue weighted by atomic mass is 10.3. The van der Waals surface area contributed by atoms with E-state index >= 15 is 0 Å². The van der Waals surface area contributed by atoms with Gasteiger partial charge in [0.15, 0.2) is 0 Å². The summed E-state index contributed by atoms with van der Waals surface area (Å²) in [5.41, 5.74) is 0. The van der Waals surface area contributed by atoms with Crippen molar-refractivity contribution < 1.29 is 9.90 Å².